The van der Waals surface area contributed by atoms with Crippen LogP contribution in [0.4, 0.5) is 0 Å². The highest BCUT2D eigenvalue weighted by Crippen LogP contribution is 2.47. The molecule has 1 saturated carbocycles. The van der Waals surface area contributed by atoms with Crippen LogP contribution in [0, 0.1) is 11.8 Å². The monoisotopic (exact) mass is 1420 g/mol. The Morgan fingerprint density at radius 3 is 0.856 bits per heavy atom. The highest BCUT2D eigenvalue weighted by molar-refractivity contribution is 7.47. The molecule has 1 aliphatic rings. The molecule has 0 aromatic rings. The lowest BCUT2D eigenvalue weighted by Gasteiger charge is -2.21. The number of aliphatic hydroxyl groups is 1. The molecule has 0 aliphatic heterocycles. The van der Waals surface area contributed by atoms with Gasteiger partial charge < -0.3 is 33.8 Å². The Balaban J connectivity index is 2.71. The fraction of sp³-hybridized carbons (Fsp3) is 0.923. The molecule has 0 heterocycles. The first kappa shape index (κ1) is 92.8. The number of phosphoric acid groups is 2. The van der Waals surface area contributed by atoms with Crippen molar-refractivity contribution in [1.82, 2.24) is 0 Å². The van der Waals surface area contributed by atoms with Gasteiger partial charge in [-0.2, -0.15) is 0 Å². The average Bonchev–Trinajstić information content (AvgIpc) is 1.72. The van der Waals surface area contributed by atoms with Crippen LogP contribution in [-0.4, -0.2) is 96.7 Å². The Labute approximate surface area is 592 Å². The second kappa shape index (κ2) is 67.0. The number of ether oxygens (including phenoxy) is 4. The summed E-state index contributed by atoms with van der Waals surface area (Å²) in [6.07, 6.45) is 62.4. The summed E-state index contributed by atoms with van der Waals surface area (Å²) in [6.45, 7) is 5.00. The number of hydrogen-bond acceptors (Lipinski definition) is 15. The van der Waals surface area contributed by atoms with Crippen molar-refractivity contribution in [2.24, 2.45) is 11.8 Å². The van der Waals surface area contributed by atoms with Crippen molar-refractivity contribution in [3.63, 3.8) is 0 Å². The molecule has 0 saturated heterocycles. The third-order valence-electron chi connectivity index (χ3n) is 18.7. The average molecular weight is 1420 g/mol. The Hall–Kier alpha value is -2.20. The maximum Gasteiger partial charge on any atom is 0.472 e. The topological polar surface area (TPSA) is 237 Å². The molecule has 97 heavy (non-hydrogen) atoms. The molecular formula is C78H148O17P2. The lowest BCUT2D eigenvalue weighted by molar-refractivity contribution is -0.161. The van der Waals surface area contributed by atoms with Crippen LogP contribution in [0.15, 0.2) is 12.2 Å². The van der Waals surface area contributed by atoms with E-state index < -0.39 is 97.5 Å². The Kier molecular flexibility index (Phi) is 64.1. The molecule has 19 heteroatoms. The molecule has 17 nitrogen and oxygen atoms in total. The first-order chi connectivity index (χ1) is 47.1. The summed E-state index contributed by atoms with van der Waals surface area (Å²) in [5.74, 6) is -0.310. The predicted octanol–water partition coefficient (Wildman–Crippen LogP) is 22.6. The Morgan fingerprint density at radius 1 is 0.330 bits per heavy atom. The van der Waals surface area contributed by atoms with Gasteiger partial charge in [-0.05, 0) is 69.6 Å². The molecule has 0 aromatic heterocycles. The van der Waals surface area contributed by atoms with Gasteiger partial charge in [-0.25, -0.2) is 9.13 Å². The van der Waals surface area contributed by atoms with Gasteiger partial charge in [0.25, 0.3) is 0 Å². The van der Waals surface area contributed by atoms with Gasteiger partial charge in [0.2, 0.25) is 0 Å². The van der Waals surface area contributed by atoms with Crippen LogP contribution in [0.1, 0.15) is 394 Å². The van der Waals surface area contributed by atoms with Crippen LogP contribution in [-0.2, 0) is 65.4 Å². The van der Waals surface area contributed by atoms with E-state index in [2.05, 4.69) is 39.8 Å². The van der Waals surface area contributed by atoms with E-state index in [0.717, 1.165) is 115 Å². The first-order valence-electron chi connectivity index (χ1n) is 40.4. The van der Waals surface area contributed by atoms with Crippen molar-refractivity contribution in [2.75, 3.05) is 39.6 Å². The fourth-order valence-corrected chi connectivity index (χ4v) is 14.0. The zero-order valence-corrected chi connectivity index (χ0v) is 64.3. The van der Waals surface area contributed by atoms with Crippen LogP contribution in [0.2, 0.25) is 0 Å². The third-order valence-corrected chi connectivity index (χ3v) is 20.6. The van der Waals surface area contributed by atoms with Gasteiger partial charge in [-0.3, -0.25) is 37.3 Å². The number of unbranched alkanes of at least 4 members (excludes halogenated alkanes) is 44. The van der Waals surface area contributed by atoms with Gasteiger partial charge in [0.05, 0.1) is 26.4 Å². The number of esters is 4. The maximum absolute atomic E-state index is 13.1. The van der Waals surface area contributed by atoms with Crippen molar-refractivity contribution in [3.05, 3.63) is 12.2 Å². The van der Waals surface area contributed by atoms with E-state index in [1.54, 1.807) is 0 Å². The normalized spacial score (nSPS) is 16.0. The minimum Gasteiger partial charge on any atom is -0.462 e. The quantitative estimate of drug-likeness (QED) is 0.0169. The molecule has 7 atom stereocenters. The number of carbonyl (C=O) groups is 4. The van der Waals surface area contributed by atoms with Crippen LogP contribution in [0.25, 0.3) is 0 Å². The van der Waals surface area contributed by atoms with E-state index >= 15 is 0 Å². The summed E-state index contributed by atoms with van der Waals surface area (Å²) in [4.78, 5) is 73.0. The minimum atomic E-state index is -4.96. The van der Waals surface area contributed by atoms with Crippen LogP contribution in [0.5, 0.6) is 0 Å². The van der Waals surface area contributed by atoms with E-state index in [4.69, 9.17) is 37.0 Å². The molecule has 1 aliphatic carbocycles. The number of allylic oxidation sites excluding steroid dienone is 2. The van der Waals surface area contributed by atoms with Crippen molar-refractivity contribution < 1.29 is 80.2 Å². The van der Waals surface area contributed by atoms with Crippen molar-refractivity contribution in [2.45, 2.75) is 412 Å². The molecule has 0 radical (unpaired) electrons. The molecule has 3 N–H and O–H groups in total. The van der Waals surface area contributed by atoms with Crippen LogP contribution < -0.4 is 0 Å². The van der Waals surface area contributed by atoms with Gasteiger partial charge in [0, 0.05) is 25.7 Å². The van der Waals surface area contributed by atoms with E-state index in [0.29, 0.717) is 25.7 Å². The zero-order chi connectivity index (χ0) is 70.8. The number of phosphoric ester groups is 2. The van der Waals surface area contributed by atoms with Crippen molar-refractivity contribution in [3.8, 4) is 0 Å². The highest BCUT2D eigenvalue weighted by atomic mass is 31.2. The summed E-state index contributed by atoms with van der Waals surface area (Å²) in [6, 6.07) is 0. The lowest BCUT2D eigenvalue weighted by Crippen LogP contribution is -2.30. The molecule has 0 aromatic carbocycles. The summed E-state index contributed by atoms with van der Waals surface area (Å²) in [5.41, 5.74) is 0. The van der Waals surface area contributed by atoms with Gasteiger partial charge in [-0.15, -0.1) is 0 Å². The standard InChI is InChI=1S/C78H148O17P2/c1-5-9-13-17-21-24-27-30-31-34-37-40-43-49-56-62-77(82)94-73(66-88-75(80)59-53-47-41-38-35-32-28-25-22-18-14-10-6-2)68-92-96(84,85)90-64-72(79)65-91-97(86,87)93-69-74(95-78(83)61-55-48-42-39-36-33-29-26-23-19-15-11-7-3)67-89-76(81)60-54-50-44-46-52-58-71-63-70(71)57-51-45-20-16-12-8-4/h30-31,70-74,79H,5-29,32-69H2,1-4H3,(H,84,85)(H,86,87)/b31-30-. The third kappa shape index (κ3) is 64.4. The molecule has 7 unspecified atom stereocenters. The van der Waals surface area contributed by atoms with E-state index in [1.165, 1.54) is 212 Å². The molecule has 0 bridgehead atoms. The minimum absolute atomic E-state index is 0.0956. The summed E-state index contributed by atoms with van der Waals surface area (Å²) >= 11 is 0. The van der Waals surface area contributed by atoms with Crippen LogP contribution >= 0.6 is 15.6 Å². The highest BCUT2D eigenvalue weighted by Gasteiger charge is 2.35. The van der Waals surface area contributed by atoms with Gasteiger partial charge >= 0.3 is 39.5 Å². The smallest absolute Gasteiger partial charge is 0.462 e. The maximum atomic E-state index is 13.1. The largest absolute Gasteiger partial charge is 0.472 e. The number of carbonyl (C=O) groups excluding carboxylic acids is 4. The SMILES string of the molecule is CCCCCCCC/C=C\CCCCCCCC(=O)OC(COC(=O)CCCCCCCCCCCCCCC)COP(=O)(O)OCC(O)COP(=O)(O)OCC(COC(=O)CCCCCCCC1CC1CCCCCCCC)OC(=O)CCCCCCCCCCCCCCC. The number of rotatable bonds is 76. The van der Waals surface area contributed by atoms with Crippen molar-refractivity contribution >= 4 is 39.5 Å². The van der Waals surface area contributed by atoms with Crippen LogP contribution in [0.3, 0.4) is 0 Å². The molecular weight excluding hydrogens is 1270 g/mol. The fourth-order valence-electron chi connectivity index (χ4n) is 12.4. The molecule has 0 spiro atoms. The number of aliphatic hydroxyl groups excluding tert-OH is 1. The molecule has 1 fully saturated rings. The van der Waals surface area contributed by atoms with Gasteiger partial charge in [0.15, 0.2) is 12.2 Å². The van der Waals surface area contributed by atoms with Gasteiger partial charge in [-0.1, -0.05) is 322 Å². The summed E-state index contributed by atoms with van der Waals surface area (Å²) < 4.78 is 68.7. The van der Waals surface area contributed by atoms with E-state index in [-0.39, 0.29) is 25.7 Å². The van der Waals surface area contributed by atoms with Crippen molar-refractivity contribution in [1.29, 1.82) is 0 Å². The Morgan fingerprint density at radius 2 is 0.567 bits per heavy atom. The predicted molar refractivity (Wildman–Crippen MR) is 393 cm³/mol. The zero-order valence-electron chi connectivity index (χ0n) is 62.5. The number of hydrogen-bond donors (Lipinski definition) is 3. The molecule has 572 valence electrons. The lowest BCUT2D eigenvalue weighted by atomic mass is 10.0. The second-order valence-corrected chi connectivity index (χ2v) is 31.2. The first-order valence-corrected chi connectivity index (χ1v) is 43.4. The Bertz CT molecular complexity index is 1960. The summed E-state index contributed by atoms with van der Waals surface area (Å²) in [7, 11) is -9.92. The molecule has 0 amide bonds. The van der Waals surface area contributed by atoms with E-state index in [1.807, 2.05) is 0 Å². The summed E-state index contributed by atoms with van der Waals surface area (Å²) in [5, 5.41) is 10.6. The van der Waals surface area contributed by atoms with Gasteiger partial charge in [0.1, 0.15) is 19.3 Å². The molecule has 1 rings (SSSR count). The second-order valence-electron chi connectivity index (χ2n) is 28.3. The van der Waals surface area contributed by atoms with E-state index in [9.17, 15) is 43.2 Å².